The number of rotatable bonds is 3. The van der Waals surface area contributed by atoms with E-state index >= 15 is 0 Å². The summed E-state index contributed by atoms with van der Waals surface area (Å²) in [6, 6.07) is 9.09. The van der Waals surface area contributed by atoms with Crippen LogP contribution < -0.4 is 4.90 Å². The summed E-state index contributed by atoms with van der Waals surface area (Å²) in [5.74, 6) is -0.485. The SMILES string of the molecule is CC(=O)N1CCc2cc(Br)c(S(=O)(=O)N3CCC[C@H]3c3cccc(F)c3)cc21. The van der Waals surface area contributed by atoms with Gasteiger partial charge in [0.1, 0.15) is 5.82 Å². The molecule has 0 aromatic heterocycles. The maximum Gasteiger partial charge on any atom is 0.244 e. The number of fused-ring (bicyclic) bond motifs is 1. The first kappa shape index (κ1) is 19.5. The van der Waals surface area contributed by atoms with Gasteiger partial charge in [-0.25, -0.2) is 12.8 Å². The topological polar surface area (TPSA) is 57.7 Å². The van der Waals surface area contributed by atoms with E-state index in [1.54, 1.807) is 29.2 Å². The quantitative estimate of drug-likeness (QED) is 0.685. The minimum Gasteiger partial charge on any atom is -0.312 e. The predicted octanol–water partition coefficient (Wildman–Crippen LogP) is 4.02. The molecule has 0 spiro atoms. The van der Waals surface area contributed by atoms with Gasteiger partial charge in [0.25, 0.3) is 0 Å². The van der Waals surface area contributed by atoms with E-state index in [2.05, 4.69) is 15.9 Å². The van der Waals surface area contributed by atoms with E-state index in [-0.39, 0.29) is 16.6 Å². The lowest BCUT2D eigenvalue weighted by Crippen LogP contribution is -2.31. The van der Waals surface area contributed by atoms with E-state index in [4.69, 9.17) is 0 Å². The van der Waals surface area contributed by atoms with E-state index in [1.807, 2.05) is 0 Å². The van der Waals surface area contributed by atoms with Crippen LogP contribution in [0.4, 0.5) is 10.1 Å². The molecule has 1 fully saturated rings. The van der Waals surface area contributed by atoms with Crippen LogP contribution in [0.3, 0.4) is 0 Å². The molecule has 148 valence electrons. The van der Waals surface area contributed by atoms with Crippen molar-refractivity contribution in [2.45, 2.75) is 37.1 Å². The molecule has 0 radical (unpaired) electrons. The number of halogens is 2. The van der Waals surface area contributed by atoms with Gasteiger partial charge in [-0.05, 0) is 70.6 Å². The molecule has 2 heterocycles. The molecule has 0 N–H and O–H groups in total. The Morgan fingerprint density at radius 1 is 1.21 bits per heavy atom. The van der Waals surface area contributed by atoms with Crippen molar-refractivity contribution < 1.29 is 17.6 Å². The van der Waals surface area contributed by atoms with Gasteiger partial charge in [-0.1, -0.05) is 12.1 Å². The minimum atomic E-state index is -3.82. The summed E-state index contributed by atoms with van der Waals surface area (Å²) in [5, 5.41) is 0. The first-order chi connectivity index (χ1) is 13.3. The fourth-order valence-electron chi connectivity index (χ4n) is 4.11. The molecular weight excluding hydrogens is 447 g/mol. The second-order valence-electron chi connectivity index (χ2n) is 7.16. The van der Waals surface area contributed by atoms with Crippen molar-refractivity contribution in [1.82, 2.24) is 4.31 Å². The third-order valence-electron chi connectivity index (χ3n) is 5.43. The molecule has 1 amide bonds. The van der Waals surface area contributed by atoms with Gasteiger partial charge in [-0.2, -0.15) is 4.31 Å². The summed E-state index contributed by atoms with van der Waals surface area (Å²) in [7, 11) is -3.82. The average Bonchev–Trinajstić information content (AvgIpc) is 3.28. The van der Waals surface area contributed by atoms with Gasteiger partial charge >= 0.3 is 0 Å². The molecule has 28 heavy (non-hydrogen) atoms. The van der Waals surface area contributed by atoms with E-state index in [1.165, 1.54) is 23.4 Å². The van der Waals surface area contributed by atoms with Crippen molar-refractivity contribution in [2.24, 2.45) is 0 Å². The molecular formula is C20H20BrFN2O3S. The smallest absolute Gasteiger partial charge is 0.244 e. The van der Waals surface area contributed by atoms with Gasteiger partial charge in [0.15, 0.2) is 0 Å². The van der Waals surface area contributed by atoms with E-state index in [0.29, 0.717) is 48.1 Å². The van der Waals surface area contributed by atoms with Gasteiger partial charge in [-0.15, -0.1) is 0 Å². The number of nitrogens with zero attached hydrogens (tertiary/aromatic N) is 2. The Labute approximate surface area is 172 Å². The summed E-state index contributed by atoms with van der Waals surface area (Å²) in [5.41, 5.74) is 2.25. The van der Waals surface area contributed by atoms with Gasteiger partial charge in [-0.3, -0.25) is 4.79 Å². The van der Waals surface area contributed by atoms with Gasteiger partial charge in [0.2, 0.25) is 15.9 Å². The first-order valence-corrected chi connectivity index (χ1v) is 11.4. The van der Waals surface area contributed by atoms with Crippen molar-refractivity contribution in [3.05, 3.63) is 57.8 Å². The number of anilines is 1. The third-order valence-corrected chi connectivity index (χ3v) is 8.30. The molecule has 2 aromatic rings. The Balaban J connectivity index is 1.76. The second kappa shape index (κ2) is 7.24. The van der Waals surface area contributed by atoms with Crippen molar-refractivity contribution in [3.63, 3.8) is 0 Å². The highest BCUT2D eigenvalue weighted by Crippen LogP contribution is 2.41. The van der Waals surface area contributed by atoms with Crippen LogP contribution in [0.2, 0.25) is 0 Å². The second-order valence-corrected chi connectivity index (χ2v) is 9.87. The Morgan fingerprint density at radius 3 is 2.71 bits per heavy atom. The van der Waals surface area contributed by atoms with Gasteiger partial charge in [0, 0.05) is 30.2 Å². The highest BCUT2D eigenvalue weighted by Gasteiger charge is 2.38. The summed E-state index contributed by atoms with van der Waals surface area (Å²) < 4.78 is 42.6. The number of carbonyl (C=O) groups excluding carboxylic acids is 1. The standard InChI is InChI=1S/C20H20BrFN2O3S/c1-13(25)23-9-7-15-11-17(21)20(12-19(15)23)28(26,27)24-8-3-6-18(24)14-4-2-5-16(22)10-14/h2,4-5,10-12,18H,3,6-9H2,1H3/t18-/m0/s1. The van der Waals surface area contributed by atoms with Crippen LogP contribution in [-0.4, -0.2) is 31.7 Å². The van der Waals surface area contributed by atoms with Crippen LogP contribution >= 0.6 is 15.9 Å². The summed E-state index contributed by atoms with van der Waals surface area (Å²) in [6.07, 6.45) is 2.05. The highest BCUT2D eigenvalue weighted by molar-refractivity contribution is 9.10. The van der Waals surface area contributed by atoms with Crippen LogP contribution in [0.15, 0.2) is 45.8 Å². The molecule has 8 heteroatoms. The maximum absolute atomic E-state index is 13.7. The largest absolute Gasteiger partial charge is 0.312 e. The molecule has 0 bridgehead atoms. The van der Waals surface area contributed by atoms with Crippen molar-refractivity contribution in [1.29, 1.82) is 0 Å². The number of benzene rings is 2. The molecule has 2 aliphatic rings. The van der Waals surface area contributed by atoms with Gasteiger partial charge in [0.05, 0.1) is 10.9 Å². The van der Waals surface area contributed by atoms with E-state index in [9.17, 15) is 17.6 Å². The number of sulfonamides is 1. The number of hydrogen-bond donors (Lipinski definition) is 0. The van der Waals surface area contributed by atoms with E-state index in [0.717, 1.165) is 5.56 Å². The molecule has 0 unspecified atom stereocenters. The molecule has 0 aliphatic carbocycles. The van der Waals surface area contributed by atoms with Crippen molar-refractivity contribution in [2.75, 3.05) is 18.0 Å². The van der Waals surface area contributed by atoms with Crippen LogP contribution in [0.25, 0.3) is 0 Å². The fraction of sp³-hybridized carbons (Fsp3) is 0.350. The molecule has 0 saturated carbocycles. The third kappa shape index (κ3) is 3.27. The normalized spacial score (nSPS) is 19.8. The lowest BCUT2D eigenvalue weighted by molar-refractivity contribution is -0.116. The zero-order valence-electron chi connectivity index (χ0n) is 15.4. The van der Waals surface area contributed by atoms with Crippen LogP contribution in [-0.2, 0) is 21.2 Å². The summed E-state index contributed by atoms with van der Waals surface area (Å²) in [4.78, 5) is 13.6. The Morgan fingerprint density at radius 2 is 2.00 bits per heavy atom. The first-order valence-electron chi connectivity index (χ1n) is 9.17. The molecule has 2 aliphatic heterocycles. The predicted molar refractivity (Wildman–Crippen MR) is 108 cm³/mol. The van der Waals surface area contributed by atoms with Crippen LogP contribution in [0.5, 0.6) is 0 Å². The van der Waals surface area contributed by atoms with E-state index < -0.39 is 16.1 Å². The molecule has 1 atom stereocenters. The Kier molecular flexibility index (Phi) is 5.05. The molecule has 4 rings (SSSR count). The van der Waals surface area contributed by atoms with Crippen molar-refractivity contribution >= 4 is 37.5 Å². The highest BCUT2D eigenvalue weighted by atomic mass is 79.9. The molecule has 1 saturated heterocycles. The zero-order valence-corrected chi connectivity index (χ0v) is 17.8. The lowest BCUT2D eigenvalue weighted by Gasteiger charge is -2.26. The van der Waals surface area contributed by atoms with Gasteiger partial charge < -0.3 is 4.90 Å². The Bertz CT molecular complexity index is 1060. The summed E-state index contributed by atoms with van der Waals surface area (Å²) >= 11 is 3.41. The van der Waals surface area contributed by atoms with Crippen molar-refractivity contribution in [3.8, 4) is 0 Å². The number of carbonyl (C=O) groups is 1. The summed E-state index contributed by atoms with van der Waals surface area (Å²) in [6.45, 7) is 2.41. The molecule has 2 aromatic carbocycles. The zero-order chi connectivity index (χ0) is 20.1. The minimum absolute atomic E-state index is 0.108. The maximum atomic E-state index is 13.7. The Hall–Kier alpha value is -1.77. The molecule has 5 nitrogen and oxygen atoms in total. The van der Waals surface area contributed by atoms with Crippen LogP contribution in [0, 0.1) is 5.82 Å². The lowest BCUT2D eigenvalue weighted by atomic mass is 10.1. The number of hydrogen-bond acceptors (Lipinski definition) is 3. The number of amides is 1. The average molecular weight is 467 g/mol. The van der Waals surface area contributed by atoms with Crippen LogP contribution in [0.1, 0.15) is 36.9 Å². The fourth-order valence-corrected chi connectivity index (χ4v) is 6.87. The monoisotopic (exact) mass is 466 g/mol.